The van der Waals surface area contributed by atoms with Crippen LogP contribution in [0.25, 0.3) is 10.8 Å². The van der Waals surface area contributed by atoms with Crippen molar-refractivity contribution in [3.8, 4) is 0 Å². The van der Waals surface area contributed by atoms with Crippen LogP contribution in [0, 0.1) is 11.8 Å². The summed E-state index contributed by atoms with van der Waals surface area (Å²) >= 11 is 0. The van der Waals surface area contributed by atoms with Crippen molar-refractivity contribution in [2.24, 2.45) is 11.8 Å². The SMILES string of the molecule is COCC1CC(=O)N(CC2CCN(C(=O)c3nccc4ccccc34)CC2)C1. The summed E-state index contributed by atoms with van der Waals surface area (Å²) in [5.74, 6) is 1.01. The van der Waals surface area contributed by atoms with Crippen LogP contribution in [-0.2, 0) is 9.53 Å². The average Bonchev–Trinajstić information content (AvgIpc) is 3.06. The Morgan fingerprint density at radius 1 is 1.18 bits per heavy atom. The first-order chi connectivity index (χ1) is 13.7. The van der Waals surface area contributed by atoms with Crippen LogP contribution in [0.15, 0.2) is 36.5 Å². The van der Waals surface area contributed by atoms with E-state index in [9.17, 15) is 9.59 Å². The highest BCUT2D eigenvalue weighted by Gasteiger charge is 2.32. The molecule has 28 heavy (non-hydrogen) atoms. The normalized spacial score (nSPS) is 20.9. The number of hydrogen-bond donors (Lipinski definition) is 0. The second-order valence-corrected chi connectivity index (χ2v) is 7.94. The number of amides is 2. The Bertz CT molecular complexity index is 856. The van der Waals surface area contributed by atoms with Crippen LogP contribution in [0.4, 0.5) is 0 Å². The molecule has 2 amide bonds. The van der Waals surface area contributed by atoms with E-state index in [0.717, 1.165) is 49.8 Å². The summed E-state index contributed by atoms with van der Waals surface area (Å²) in [6.07, 6.45) is 4.15. The maximum atomic E-state index is 13.0. The van der Waals surface area contributed by atoms with Gasteiger partial charge in [-0.05, 0) is 30.2 Å². The van der Waals surface area contributed by atoms with Gasteiger partial charge in [0.1, 0.15) is 5.69 Å². The van der Waals surface area contributed by atoms with Crippen molar-refractivity contribution in [3.63, 3.8) is 0 Å². The summed E-state index contributed by atoms with van der Waals surface area (Å²) in [7, 11) is 1.69. The minimum Gasteiger partial charge on any atom is -0.384 e. The lowest BCUT2D eigenvalue weighted by Gasteiger charge is -2.34. The van der Waals surface area contributed by atoms with Crippen molar-refractivity contribution >= 4 is 22.6 Å². The van der Waals surface area contributed by atoms with Gasteiger partial charge in [-0.2, -0.15) is 0 Å². The van der Waals surface area contributed by atoms with E-state index in [0.29, 0.717) is 30.6 Å². The molecule has 2 aliphatic heterocycles. The van der Waals surface area contributed by atoms with Crippen molar-refractivity contribution in [1.29, 1.82) is 0 Å². The third-order valence-corrected chi connectivity index (χ3v) is 5.95. The summed E-state index contributed by atoms with van der Waals surface area (Å²) in [5, 5.41) is 1.94. The fourth-order valence-electron chi connectivity index (χ4n) is 4.45. The number of hydrogen-bond acceptors (Lipinski definition) is 4. The van der Waals surface area contributed by atoms with Gasteiger partial charge in [0.25, 0.3) is 5.91 Å². The van der Waals surface area contributed by atoms with Crippen LogP contribution in [0.2, 0.25) is 0 Å². The Kier molecular flexibility index (Phi) is 5.57. The maximum absolute atomic E-state index is 13.0. The van der Waals surface area contributed by atoms with Crippen LogP contribution < -0.4 is 0 Å². The zero-order chi connectivity index (χ0) is 19.5. The second kappa shape index (κ2) is 8.27. The van der Waals surface area contributed by atoms with Gasteiger partial charge in [-0.15, -0.1) is 0 Å². The minimum absolute atomic E-state index is 0.00709. The Labute approximate surface area is 165 Å². The lowest BCUT2D eigenvalue weighted by molar-refractivity contribution is -0.128. The first-order valence-electron chi connectivity index (χ1n) is 10.1. The monoisotopic (exact) mass is 381 g/mol. The molecule has 6 nitrogen and oxygen atoms in total. The maximum Gasteiger partial charge on any atom is 0.273 e. The minimum atomic E-state index is 0.00709. The predicted molar refractivity (Wildman–Crippen MR) is 107 cm³/mol. The number of pyridine rings is 1. The highest BCUT2D eigenvalue weighted by Crippen LogP contribution is 2.25. The molecule has 148 valence electrons. The Morgan fingerprint density at radius 3 is 2.75 bits per heavy atom. The number of rotatable bonds is 5. The van der Waals surface area contributed by atoms with E-state index in [2.05, 4.69) is 4.98 Å². The van der Waals surface area contributed by atoms with E-state index >= 15 is 0 Å². The number of methoxy groups -OCH3 is 1. The van der Waals surface area contributed by atoms with Gasteiger partial charge in [-0.25, -0.2) is 0 Å². The first kappa shape index (κ1) is 18.9. The van der Waals surface area contributed by atoms with Gasteiger partial charge in [-0.3, -0.25) is 14.6 Å². The van der Waals surface area contributed by atoms with Crippen LogP contribution >= 0.6 is 0 Å². The summed E-state index contributed by atoms with van der Waals surface area (Å²) in [5.41, 5.74) is 0.536. The lowest BCUT2D eigenvalue weighted by Crippen LogP contribution is -2.42. The van der Waals surface area contributed by atoms with Crippen molar-refractivity contribution < 1.29 is 14.3 Å². The van der Waals surface area contributed by atoms with Crippen molar-refractivity contribution in [2.45, 2.75) is 19.3 Å². The number of benzene rings is 1. The first-order valence-corrected chi connectivity index (χ1v) is 10.1. The number of carbonyl (C=O) groups excluding carboxylic acids is 2. The largest absolute Gasteiger partial charge is 0.384 e. The number of likely N-dealkylation sites (tertiary alicyclic amines) is 2. The predicted octanol–water partition coefficient (Wildman–Crippen LogP) is 2.58. The molecule has 4 rings (SSSR count). The van der Waals surface area contributed by atoms with Crippen LogP contribution in [0.3, 0.4) is 0 Å². The molecule has 0 aliphatic carbocycles. The molecule has 0 radical (unpaired) electrons. The van der Waals surface area contributed by atoms with Gasteiger partial charge >= 0.3 is 0 Å². The summed E-state index contributed by atoms with van der Waals surface area (Å²) in [6.45, 7) is 3.68. The second-order valence-electron chi connectivity index (χ2n) is 7.94. The molecule has 0 saturated carbocycles. The molecule has 2 aromatic rings. The van der Waals surface area contributed by atoms with Crippen molar-refractivity contribution in [3.05, 3.63) is 42.2 Å². The van der Waals surface area contributed by atoms with Gasteiger partial charge in [0.2, 0.25) is 5.91 Å². The third kappa shape index (κ3) is 3.87. The summed E-state index contributed by atoms with van der Waals surface area (Å²) in [4.78, 5) is 33.5. The molecule has 2 fully saturated rings. The fourth-order valence-corrected chi connectivity index (χ4v) is 4.45. The quantitative estimate of drug-likeness (QED) is 0.799. The molecule has 3 heterocycles. The van der Waals surface area contributed by atoms with Crippen molar-refractivity contribution in [2.75, 3.05) is 39.9 Å². The number of ether oxygens (including phenoxy) is 1. The van der Waals surface area contributed by atoms with Gasteiger partial charge in [-0.1, -0.05) is 24.3 Å². The number of fused-ring (bicyclic) bond motifs is 1. The van der Waals surface area contributed by atoms with E-state index in [-0.39, 0.29) is 11.8 Å². The highest BCUT2D eigenvalue weighted by atomic mass is 16.5. The molecule has 0 spiro atoms. The molecule has 1 atom stereocenters. The molecule has 0 N–H and O–H groups in total. The average molecular weight is 381 g/mol. The van der Waals surface area contributed by atoms with Gasteiger partial charge in [0.15, 0.2) is 0 Å². The smallest absolute Gasteiger partial charge is 0.273 e. The molecule has 2 aliphatic rings. The zero-order valence-corrected chi connectivity index (χ0v) is 16.3. The summed E-state index contributed by atoms with van der Waals surface area (Å²) in [6, 6.07) is 9.81. The molecular formula is C22H27N3O3. The Morgan fingerprint density at radius 2 is 1.96 bits per heavy atom. The number of piperidine rings is 1. The van der Waals surface area contributed by atoms with E-state index in [1.54, 1.807) is 13.3 Å². The van der Waals surface area contributed by atoms with Crippen LogP contribution in [0.1, 0.15) is 29.8 Å². The number of aromatic nitrogens is 1. The fraction of sp³-hybridized carbons (Fsp3) is 0.500. The lowest BCUT2D eigenvalue weighted by atomic mass is 9.95. The topological polar surface area (TPSA) is 62.7 Å². The zero-order valence-electron chi connectivity index (χ0n) is 16.3. The molecular weight excluding hydrogens is 354 g/mol. The van der Waals surface area contributed by atoms with Crippen molar-refractivity contribution in [1.82, 2.24) is 14.8 Å². The number of carbonyl (C=O) groups is 2. The van der Waals surface area contributed by atoms with E-state index in [1.165, 1.54) is 0 Å². The Balaban J connectivity index is 1.35. The van der Waals surface area contributed by atoms with Crippen LogP contribution in [-0.4, -0.2) is 66.5 Å². The van der Waals surface area contributed by atoms with Crippen LogP contribution in [0.5, 0.6) is 0 Å². The third-order valence-electron chi connectivity index (χ3n) is 5.95. The van der Waals surface area contributed by atoms with Gasteiger partial charge < -0.3 is 14.5 Å². The molecule has 0 bridgehead atoms. The molecule has 2 saturated heterocycles. The standard InChI is InChI=1S/C22H27N3O3/c1-28-15-17-12-20(26)25(14-17)13-16-7-10-24(11-8-16)22(27)21-19-5-3-2-4-18(19)6-9-23-21/h2-6,9,16-17H,7-8,10-15H2,1H3. The van der Waals surface area contributed by atoms with Gasteiger partial charge in [0.05, 0.1) is 6.61 Å². The highest BCUT2D eigenvalue weighted by molar-refractivity contribution is 6.05. The number of nitrogens with zero attached hydrogens (tertiary/aromatic N) is 3. The molecule has 1 aromatic heterocycles. The molecule has 1 unspecified atom stereocenters. The molecule has 1 aromatic carbocycles. The van der Waals surface area contributed by atoms with E-state index in [1.807, 2.05) is 40.1 Å². The van der Waals surface area contributed by atoms with E-state index < -0.39 is 0 Å². The Hall–Kier alpha value is -2.47. The molecule has 6 heteroatoms. The van der Waals surface area contributed by atoms with E-state index in [4.69, 9.17) is 4.74 Å². The van der Waals surface area contributed by atoms with Gasteiger partial charge in [0, 0.05) is 57.2 Å². The summed E-state index contributed by atoms with van der Waals surface area (Å²) < 4.78 is 5.20.